The molecule has 24 heavy (non-hydrogen) atoms. The van der Waals surface area contributed by atoms with Gasteiger partial charge in [0.15, 0.2) is 6.61 Å². The molecule has 0 atom stereocenters. The van der Waals surface area contributed by atoms with Crippen molar-refractivity contribution in [1.82, 2.24) is 0 Å². The number of thiophene rings is 1. The van der Waals surface area contributed by atoms with Gasteiger partial charge in [-0.05, 0) is 23.6 Å². The van der Waals surface area contributed by atoms with Crippen LogP contribution in [0.25, 0.3) is 0 Å². The largest absolute Gasteiger partial charge is 0.483 e. The molecule has 0 radical (unpaired) electrons. The van der Waals surface area contributed by atoms with Crippen molar-refractivity contribution in [3.05, 3.63) is 46.2 Å². The summed E-state index contributed by atoms with van der Waals surface area (Å²) in [5, 5.41) is 3.97. The highest BCUT2D eigenvalue weighted by atomic mass is 32.1. The van der Waals surface area contributed by atoms with E-state index in [0.29, 0.717) is 0 Å². The lowest BCUT2D eigenvalue weighted by Crippen LogP contribution is -2.22. The van der Waals surface area contributed by atoms with Crippen LogP contribution >= 0.6 is 11.3 Å². The molecule has 2 aromatic rings. The van der Waals surface area contributed by atoms with Crippen LogP contribution in [0.2, 0.25) is 0 Å². The van der Waals surface area contributed by atoms with Crippen LogP contribution in [0.15, 0.2) is 35.7 Å². The lowest BCUT2D eigenvalue weighted by Gasteiger charge is -2.13. The summed E-state index contributed by atoms with van der Waals surface area (Å²) in [6.07, 6.45) is -4.58. The predicted molar refractivity (Wildman–Crippen MR) is 81.2 cm³/mol. The average Bonchev–Trinajstić information content (AvgIpc) is 2.99. The number of methoxy groups -OCH3 is 1. The van der Waals surface area contributed by atoms with Crippen molar-refractivity contribution in [3.8, 4) is 5.75 Å². The van der Waals surface area contributed by atoms with Crippen molar-refractivity contribution in [2.24, 2.45) is 0 Å². The van der Waals surface area contributed by atoms with Gasteiger partial charge in [-0.25, -0.2) is 4.79 Å². The second kappa shape index (κ2) is 7.35. The summed E-state index contributed by atoms with van der Waals surface area (Å²) in [4.78, 5) is 23.5. The minimum atomic E-state index is -4.58. The summed E-state index contributed by atoms with van der Waals surface area (Å²) in [7, 11) is 1.20. The number of para-hydroxylation sites is 1. The maximum absolute atomic E-state index is 12.8. The second-order valence-electron chi connectivity index (χ2n) is 4.49. The number of carbonyl (C=O) groups excluding carboxylic acids is 2. The number of alkyl halides is 3. The molecule has 0 aliphatic rings. The minimum absolute atomic E-state index is 0.182. The van der Waals surface area contributed by atoms with Crippen molar-refractivity contribution in [2.45, 2.75) is 6.18 Å². The molecule has 0 bridgehead atoms. The Morgan fingerprint density at radius 1 is 1.21 bits per heavy atom. The fraction of sp³-hybridized carbons (Fsp3) is 0.200. The monoisotopic (exact) mass is 359 g/mol. The van der Waals surface area contributed by atoms with E-state index in [1.807, 2.05) is 0 Å². The summed E-state index contributed by atoms with van der Waals surface area (Å²) < 4.78 is 48.0. The Labute approximate surface area is 139 Å². The maximum atomic E-state index is 12.8. The maximum Gasteiger partial charge on any atom is 0.419 e. The smallest absolute Gasteiger partial charge is 0.419 e. The quantitative estimate of drug-likeness (QED) is 0.829. The van der Waals surface area contributed by atoms with Crippen LogP contribution in [-0.4, -0.2) is 25.6 Å². The van der Waals surface area contributed by atoms with Gasteiger partial charge in [-0.15, -0.1) is 11.3 Å². The molecule has 0 spiro atoms. The van der Waals surface area contributed by atoms with E-state index in [0.717, 1.165) is 23.5 Å². The van der Waals surface area contributed by atoms with Crippen molar-refractivity contribution in [3.63, 3.8) is 0 Å². The zero-order valence-electron chi connectivity index (χ0n) is 12.3. The van der Waals surface area contributed by atoms with Gasteiger partial charge in [0.2, 0.25) is 0 Å². The molecular weight excluding hydrogens is 347 g/mol. The van der Waals surface area contributed by atoms with E-state index in [9.17, 15) is 22.8 Å². The molecule has 1 aromatic heterocycles. The first-order valence-electron chi connectivity index (χ1n) is 6.57. The van der Waals surface area contributed by atoms with Crippen molar-refractivity contribution in [2.75, 3.05) is 19.0 Å². The first kappa shape index (κ1) is 17.8. The van der Waals surface area contributed by atoms with Crippen LogP contribution in [0.3, 0.4) is 0 Å². The first-order chi connectivity index (χ1) is 11.3. The van der Waals surface area contributed by atoms with Crippen LogP contribution in [0.5, 0.6) is 5.75 Å². The molecule has 1 heterocycles. The first-order valence-corrected chi connectivity index (χ1v) is 7.45. The number of hydrogen-bond donors (Lipinski definition) is 1. The number of benzene rings is 1. The summed E-state index contributed by atoms with van der Waals surface area (Å²) in [5.41, 5.74) is -0.756. The molecule has 0 fully saturated rings. The number of halogens is 3. The van der Waals surface area contributed by atoms with Crippen LogP contribution in [0, 0.1) is 0 Å². The number of anilines is 1. The van der Waals surface area contributed by atoms with E-state index in [1.54, 1.807) is 5.38 Å². The molecule has 1 amide bonds. The minimum Gasteiger partial charge on any atom is -0.483 e. The molecule has 1 aromatic carbocycles. The number of ether oxygens (including phenoxy) is 2. The Morgan fingerprint density at radius 3 is 2.58 bits per heavy atom. The van der Waals surface area contributed by atoms with Gasteiger partial charge < -0.3 is 14.8 Å². The van der Waals surface area contributed by atoms with Crippen molar-refractivity contribution in [1.29, 1.82) is 0 Å². The lowest BCUT2D eigenvalue weighted by atomic mass is 10.2. The number of rotatable bonds is 5. The summed E-state index contributed by atoms with van der Waals surface area (Å²) in [6.45, 7) is -0.635. The molecule has 0 saturated carbocycles. The van der Waals surface area contributed by atoms with Gasteiger partial charge in [-0.3, -0.25) is 4.79 Å². The number of esters is 1. The Bertz CT molecular complexity index is 742. The van der Waals surface area contributed by atoms with Crippen molar-refractivity contribution >= 4 is 28.9 Å². The van der Waals surface area contributed by atoms with E-state index < -0.39 is 36.0 Å². The topological polar surface area (TPSA) is 64.6 Å². The molecule has 5 nitrogen and oxygen atoms in total. The van der Waals surface area contributed by atoms with E-state index in [-0.39, 0.29) is 10.6 Å². The van der Waals surface area contributed by atoms with Crippen LogP contribution < -0.4 is 10.1 Å². The number of amides is 1. The highest BCUT2D eigenvalue weighted by Gasteiger charge is 2.34. The Kier molecular flexibility index (Phi) is 5.45. The van der Waals surface area contributed by atoms with E-state index in [4.69, 9.17) is 4.74 Å². The predicted octanol–water partition coefficient (Wildman–Crippen LogP) is 3.57. The van der Waals surface area contributed by atoms with Crippen LogP contribution in [0.1, 0.15) is 15.2 Å². The molecule has 0 unspecified atom stereocenters. The van der Waals surface area contributed by atoms with Crippen LogP contribution in [-0.2, 0) is 15.7 Å². The Morgan fingerprint density at radius 2 is 1.92 bits per heavy atom. The van der Waals surface area contributed by atoms with Crippen molar-refractivity contribution < 1.29 is 32.2 Å². The number of nitrogens with one attached hydrogen (secondary N) is 1. The number of carbonyl (C=O) groups is 2. The Balaban J connectivity index is 2.03. The van der Waals surface area contributed by atoms with Gasteiger partial charge in [-0.2, -0.15) is 13.2 Å². The Hall–Kier alpha value is -2.55. The summed E-state index contributed by atoms with van der Waals surface area (Å²) in [5.74, 6) is -1.77. The molecule has 9 heteroatoms. The fourth-order valence-electron chi connectivity index (χ4n) is 1.81. The molecule has 0 aliphatic heterocycles. The van der Waals surface area contributed by atoms with E-state index in [1.165, 1.54) is 25.3 Å². The highest BCUT2D eigenvalue weighted by Crippen LogP contribution is 2.35. The van der Waals surface area contributed by atoms with Gasteiger partial charge in [0.05, 0.1) is 18.4 Å². The third-order valence-corrected chi connectivity index (χ3v) is 3.76. The third kappa shape index (κ3) is 4.25. The molecule has 1 N–H and O–H groups in total. The molecule has 2 rings (SSSR count). The normalized spacial score (nSPS) is 11.0. The molecule has 0 aliphatic carbocycles. The zero-order valence-corrected chi connectivity index (χ0v) is 13.2. The summed E-state index contributed by atoms with van der Waals surface area (Å²) in [6, 6.07) is 6.07. The van der Waals surface area contributed by atoms with E-state index in [2.05, 4.69) is 10.1 Å². The lowest BCUT2D eigenvalue weighted by molar-refractivity contribution is -0.139. The summed E-state index contributed by atoms with van der Waals surface area (Å²) >= 11 is 1.07. The molecular formula is C15H12F3NO4S. The van der Waals surface area contributed by atoms with Crippen LogP contribution in [0.4, 0.5) is 18.9 Å². The average molecular weight is 359 g/mol. The second-order valence-corrected chi connectivity index (χ2v) is 5.40. The standard InChI is InChI=1S/C15H12F3NO4S/c1-22-14(21)13-10(6-7-24-13)19-12(20)8-23-11-5-3-2-4-9(11)15(16,17)18/h2-7H,8H2,1H3,(H,19,20). The van der Waals surface area contributed by atoms with Gasteiger partial charge in [0, 0.05) is 0 Å². The van der Waals surface area contributed by atoms with Gasteiger partial charge in [0.1, 0.15) is 10.6 Å². The third-order valence-electron chi connectivity index (χ3n) is 2.86. The molecule has 128 valence electrons. The van der Waals surface area contributed by atoms with Gasteiger partial charge in [-0.1, -0.05) is 12.1 Å². The molecule has 0 saturated heterocycles. The SMILES string of the molecule is COC(=O)c1sccc1NC(=O)COc1ccccc1C(F)(F)F. The zero-order chi connectivity index (χ0) is 17.7. The highest BCUT2D eigenvalue weighted by molar-refractivity contribution is 7.12. The van der Waals surface area contributed by atoms with E-state index >= 15 is 0 Å². The van der Waals surface area contributed by atoms with Gasteiger partial charge in [0.25, 0.3) is 5.91 Å². The fourth-order valence-corrected chi connectivity index (χ4v) is 2.58. The van der Waals surface area contributed by atoms with Gasteiger partial charge >= 0.3 is 12.1 Å². The number of hydrogen-bond acceptors (Lipinski definition) is 5.